The van der Waals surface area contributed by atoms with Crippen molar-refractivity contribution in [2.45, 2.75) is 100 Å². The molecular weight excluding hydrogens is 913 g/mol. The number of nitrogens with one attached hydrogen (secondary N) is 2. The zero-order valence-corrected chi connectivity index (χ0v) is 41.7. The van der Waals surface area contributed by atoms with Gasteiger partial charge in [0.05, 0.1) is 45.6 Å². The van der Waals surface area contributed by atoms with Gasteiger partial charge < -0.3 is 29.9 Å². The molecule has 0 spiro atoms. The molecule has 0 radical (unpaired) electrons. The number of hydrogen-bond donors (Lipinski definition) is 2. The molecule has 22 heteroatoms. The number of hydrogen-bond acceptors (Lipinski definition) is 16. The fourth-order valence-corrected chi connectivity index (χ4v) is 12.8. The highest BCUT2D eigenvalue weighted by Crippen LogP contribution is 2.32. The smallest absolute Gasteiger partial charge is 0.252 e. The Labute approximate surface area is 400 Å². The molecule has 0 bridgehead atoms. The maximum Gasteiger partial charge on any atom is 0.252 e. The Bertz CT molecular complexity index is 2400. The first-order valence-electron chi connectivity index (χ1n) is 24.1. The van der Waals surface area contributed by atoms with E-state index in [1.54, 1.807) is 60.5 Å². The highest BCUT2D eigenvalue weighted by atomic mass is 32.2. The molecule has 6 heterocycles. The number of benzene rings is 2. The largest absolute Gasteiger partial charge is 0.493 e. The van der Waals surface area contributed by atoms with Crippen LogP contribution in [0.4, 0.5) is 0 Å². The number of sulfonamides is 2. The second-order valence-electron chi connectivity index (χ2n) is 17.9. The van der Waals surface area contributed by atoms with Crippen LogP contribution in [0.2, 0.25) is 0 Å². The normalized spacial score (nSPS) is 24.1. The first-order chi connectivity index (χ1) is 32.7. The number of piperazine rings is 2. The molecule has 6 aliphatic rings. The van der Waals surface area contributed by atoms with Gasteiger partial charge in [-0.1, -0.05) is 26.7 Å². The molecule has 0 aromatic heterocycles. The molecule has 2 aromatic rings. The van der Waals surface area contributed by atoms with Gasteiger partial charge in [-0.05, 0) is 89.0 Å². The summed E-state index contributed by atoms with van der Waals surface area (Å²) in [6, 6.07) is 7.49. The van der Waals surface area contributed by atoms with E-state index in [-0.39, 0.29) is 33.3 Å². The summed E-state index contributed by atoms with van der Waals surface area (Å²) in [6.45, 7) is 13.9. The third-order valence-electron chi connectivity index (χ3n) is 13.4. The Hall–Kier alpha value is -5.00. The highest BCUT2D eigenvalue weighted by molar-refractivity contribution is 7.89. The predicted octanol–water partition coefficient (Wildman–Crippen LogP) is 2.01. The summed E-state index contributed by atoms with van der Waals surface area (Å²) in [6.07, 6.45) is 4.96. The van der Waals surface area contributed by atoms with E-state index in [9.17, 15) is 26.4 Å². The zero-order valence-electron chi connectivity index (χ0n) is 40.1. The summed E-state index contributed by atoms with van der Waals surface area (Å²) >= 11 is 0. The van der Waals surface area contributed by atoms with E-state index in [4.69, 9.17) is 19.5 Å². The minimum atomic E-state index is -3.87. The van der Waals surface area contributed by atoms with Crippen molar-refractivity contribution in [2.75, 3.05) is 92.8 Å². The fourth-order valence-electron chi connectivity index (χ4n) is 9.87. The Kier molecular flexibility index (Phi) is 15.2. The molecule has 0 saturated carbocycles. The minimum absolute atomic E-state index is 0.114. The van der Waals surface area contributed by atoms with Crippen LogP contribution >= 0.6 is 0 Å². The van der Waals surface area contributed by atoms with Gasteiger partial charge >= 0.3 is 0 Å². The standard InChI is InChI=1S/C46H66N12O8S2/c1-7-13-35-39-41(53(5)51-35)45(59)49-43(47-39)33-29-31(15-17-37(33)65-9-3)67(61,62)57-25-21-55(22-26-57)19-11-12-20-56-23-27-58(28-24-56)68(63,64)32-16-18-38(66-10-4)34(30-32)44-48-40-36(14-8-2)52-54(6)42(40)46(60)50-44/h15-18,29-30,39-42H,7-14,19-28H2,1-6H3,(H,47,49,59)(H,48,50,60). The molecule has 2 aromatic carbocycles. The van der Waals surface area contributed by atoms with Gasteiger partial charge in [0, 0.05) is 66.5 Å². The third kappa shape index (κ3) is 10.0. The lowest BCUT2D eigenvalue weighted by Crippen LogP contribution is -2.54. The van der Waals surface area contributed by atoms with Crippen molar-refractivity contribution in [3.8, 4) is 11.5 Å². The Morgan fingerprint density at radius 2 is 0.971 bits per heavy atom. The monoisotopic (exact) mass is 978 g/mol. The first-order valence-corrected chi connectivity index (χ1v) is 26.9. The number of fused-ring (bicyclic) bond motifs is 2. The van der Waals surface area contributed by atoms with Crippen molar-refractivity contribution in [2.24, 2.45) is 20.2 Å². The molecular formula is C46H66N12O8S2. The number of likely N-dealkylation sites (N-methyl/N-ethyl adjacent to an activating group) is 2. The van der Waals surface area contributed by atoms with Crippen molar-refractivity contribution < 1.29 is 35.9 Å². The molecule has 2 fully saturated rings. The lowest BCUT2D eigenvalue weighted by Gasteiger charge is -2.35. The number of nitrogens with zero attached hydrogens (tertiary/aromatic N) is 10. The van der Waals surface area contributed by atoms with Crippen LogP contribution in [0.1, 0.15) is 77.3 Å². The maximum absolute atomic E-state index is 14.1. The topological polar surface area (TPSA) is 214 Å². The van der Waals surface area contributed by atoms with E-state index >= 15 is 0 Å². The molecule has 20 nitrogen and oxygen atoms in total. The summed E-state index contributed by atoms with van der Waals surface area (Å²) in [5, 5.41) is 18.3. The lowest BCUT2D eigenvalue weighted by atomic mass is 9.98. The molecule has 8 rings (SSSR count). The highest BCUT2D eigenvalue weighted by Gasteiger charge is 2.45. The molecule has 4 unspecified atom stereocenters. The van der Waals surface area contributed by atoms with E-state index in [2.05, 4.69) is 44.5 Å². The summed E-state index contributed by atoms with van der Waals surface area (Å²) in [7, 11) is -4.20. The lowest BCUT2D eigenvalue weighted by molar-refractivity contribution is -0.125. The van der Waals surface area contributed by atoms with Crippen molar-refractivity contribution in [3.63, 3.8) is 0 Å². The van der Waals surface area contributed by atoms with Gasteiger partial charge in [0.25, 0.3) is 11.8 Å². The number of carbonyl (C=O) groups excluding carboxylic acids is 2. The molecule has 0 aliphatic carbocycles. The zero-order chi connectivity index (χ0) is 48.3. The van der Waals surface area contributed by atoms with Gasteiger partial charge in [-0.15, -0.1) is 0 Å². The predicted molar refractivity (Wildman–Crippen MR) is 260 cm³/mol. The van der Waals surface area contributed by atoms with Crippen molar-refractivity contribution in [3.05, 3.63) is 47.5 Å². The average Bonchev–Trinajstić information content (AvgIpc) is 3.82. The maximum atomic E-state index is 14.1. The summed E-state index contributed by atoms with van der Waals surface area (Å²) in [5.41, 5.74) is 2.49. The van der Waals surface area contributed by atoms with Crippen LogP contribution in [0, 0.1) is 0 Å². The van der Waals surface area contributed by atoms with Gasteiger partial charge in [-0.3, -0.25) is 29.6 Å². The summed E-state index contributed by atoms with van der Waals surface area (Å²) in [4.78, 5) is 41.2. The first kappa shape index (κ1) is 49.4. The SMILES string of the molecule is CCCC1=NN(C)C2C(=O)NC(c3cc(S(=O)(=O)N4CCN(CCCCN5CCN(S(=O)(=O)c6ccc(OCC)c(C7=NC8C(CCC)=NN(C)C8C(=O)N7)c6)CC5)CC4)ccc3OCC)=NC12. The number of aliphatic imine (C=N–C) groups is 2. The van der Waals surface area contributed by atoms with Crippen LogP contribution in [-0.4, -0.2) is 197 Å². The number of unbranched alkanes of at least 4 members (excludes halogenated alkanes) is 1. The van der Waals surface area contributed by atoms with Crippen molar-refractivity contribution >= 4 is 55.0 Å². The number of ether oxygens (including phenoxy) is 2. The van der Waals surface area contributed by atoms with E-state index in [1.807, 2.05) is 13.8 Å². The van der Waals surface area contributed by atoms with E-state index in [0.717, 1.165) is 50.2 Å². The van der Waals surface area contributed by atoms with Crippen molar-refractivity contribution in [1.29, 1.82) is 0 Å². The average molecular weight is 979 g/mol. The van der Waals surface area contributed by atoms with Crippen molar-refractivity contribution in [1.82, 2.24) is 39.1 Å². The number of amides is 2. The van der Waals surface area contributed by atoms with Gasteiger partial charge in [0.2, 0.25) is 20.0 Å². The summed E-state index contributed by atoms with van der Waals surface area (Å²) < 4.78 is 71.1. The van der Waals surface area contributed by atoms with Crippen LogP contribution in [0.25, 0.3) is 0 Å². The van der Waals surface area contributed by atoms with E-state index < -0.39 is 44.2 Å². The minimum Gasteiger partial charge on any atom is -0.493 e. The Balaban J connectivity index is 0.825. The number of rotatable bonds is 19. The van der Waals surface area contributed by atoms with Gasteiger partial charge in [-0.25, -0.2) is 16.8 Å². The van der Waals surface area contributed by atoms with E-state index in [0.29, 0.717) is 101 Å². The molecule has 2 amide bonds. The Morgan fingerprint density at radius 1 is 0.588 bits per heavy atom. The molecule has 68 heavy (non-hydrogen) atoms. The van der Waals surface area contributed by atoms with E-state index in [1.165, 1.54) is 8.61 Å². The number of carbonyl (C=O) groups is 2. The molecule has 2 N–H and O–H groups in total. The van der Waals surface area contributed by atoms with Crippen LogP contribution < -0.4 is 20.1 Å². The molecule has 4 atom stereocenters. The second kappa shape index (κ2) is 20.9. The van der Waals surface area contributed by atoms with Crippen LogP contribution in [0.3, 0.4) is 0 Å². The van der Waals surface area contributed by atoms with Gasteiger partial charge in [-0.2, -0.15) is 18.8 Å². The summed E-state index contributed by atoms with van der Waals surface area (Å²) in [5.74, 6) is 0.949. The third-order valence-corrected chi connectivity index (χ3v) is 17.2. The molecule has 2 saturated heterocycles. The van der Waals surface area contributed by atoms with Gasteiger partial charge in [0.15, 0.2) is 12.1 Å². The molecule has 6 aliphatic heterocycles. The fraction of sp³-hybridized carbons (Fsp3) is 0.609. The second-order valence-corrected chi connectivity index (χ2v) is 21.8. The van der Waals surface area contributed by atoms with Crippen LogP contribution in [0.5, 0.6) is 11.5 Å². The van der Waals surface area contributed by atoms with Gasteiger partial charge in [0.1, 0.15) is 35.3 Å². The quantitative estimate of drug-likeness (QED) is 0.194. The molecule has 370 valence electrons. The Morgan fingerprint density at radius 3 is 1.32 bits per heavy atom. The van der Waals surface area contributed by atoms with Crippen LogP contribution in [0.15, 0.2) is 66.4 Å². The van der Waals surface area contributed by atoms with Crippen LogP contribution in [-0.2, 0) is 29.6 Å². The number of hydrazone groups is 2. The number of amidine groups is 2.